The molecule has 5 rings (SSSR count). The van der Waals surface area contributed by atoms with Crippen LogP contribution in [0, 0.1) is 0 Å². The molecule has 3 aromatic heterocycles. The van der Waals surface area contributed by atoms with Crippen LogP contribution in [-0.4, -0.2) is 54.3 Å². The molecule has 11 nitrogen and oxygen atoms in total. The van der Waals surface area contributed by atoms with Gasteiger partial charge in [-0.1, -0.05) is 12.1 Å². The lowest BCUT2D eigenvalue weighted by molar-refractivity contribution is -0.123. The smallest absolute Gasteiger partial charge is 0.405 e. The Labute approximate surface area is 205 Å². The number of hydrogen-bond acceptors (Lipinski definition) is 7. The van der Waals surface area contributed by atoms with E-state index in [4.69, 9.17) is 10.8 Å². The topological polar surface area (TPSA) is 163 Å². The van der Waals surface area contributed by atoms with Crippen LogP contribution in [0.3, 0.4) is 0 Å². The second-order valence-corrected chi connectivity index (χ2v) is 7.98. The number of carboxylic acid groups (broad SMARTS) is 1. The fourth-order valence-corrected chi connectivity index (χ4v) is 3.83. The molecule has 6 N–H and O–H groups in total. The van der Waals surface area contributed by atoms with Crippen molar-refractivity contribution in [2.45, 2.75) is 6.18 Å². The Morgan fingerprint density at radius 3 is 2.59 bits per heavy atom. The van der Waals surface area contributed by atoms with Gasteiger partial charge in [0, 0.05) is 17.4 Å². The lowest BCUT2D eigenvalue weighted by Crippen LogP contribution is -2.33. The van der Waals surface area contributed by atoms with Crippen LogP contribution in [0.4, 0.5) is 30.6 Å². The van der Waals surface area contributed by atoms with E-state index in [2.05, 4.69) is 25.4 Å². The third kappa shape index (κ3) is 4.71. The average Bonchev–Trinajstić information content (AvgIpc) is 3.44. The second kappa shape index (κ2) is 8.82. The molecule has 0 saturated carbocycles. The van der Waals surface area contributed by atoms with Crippen molar-refractivity contribution in [2.24, 2.45) is 0 Å². The fraction of sp³-hybridized carbons (Fsp3) is 0.0870. The fourth-order valence-electron chi connectivity index (χ4n) is 3.83. The van der Waals surface area contributed by atoms with E-state index >= 15 is 0 Å². The first-order chi connectivity index (χ1) is 17.6. The highest BCUT2D eigenvalue weighted by Gasteiger charge is 2.29. The van der Waals surface area contributed by atoms with E-state index in [1.54, 1.807) is 30.3 Å². The quantitative estimate of drug-likeness (QED) is 0.231. The number of hydrogen-bond donors (Lipinski definition) is 5. The Hall–Kier alpha value is -5.14. The lowest BCUT2D eigenvalue weighted by Gasteiger charge is -2.10. The Kier molecular flexibility index (Phi) is 5.62. The van der Waals surface area contributed by atoms with E-state index in [1.807, 2.05) is 5.32 Å². The van der Waals surface area contributed by atoms with Crippen molar-refractivity contribution in [3.8, 4) is 11.1 Å². The number of rotatable bonds is 6. The minimum atomic E-state index is -4.58. The minimum Gasteiger partial charge on any atom is -0.478 e. The zero-order chi connectivity index (χ0) is 26.3. The van der Waals surface area contributed by atoms with Crippen molar-refractivity contribution in [3.05, 3.63) is 66.1 Å². The monoisotopic (exact) mass is 510 g/mol. The van der Waals surface area contributed by atoms with Crippen molar-refractivity contribution in [1.82, 2.24) is 29.9 Å². The zero-order valence-electron chi connectivity index (χ0n) is 18.7. The van der Waals surface area contributed by atoms with E-state index in [1.165, 1.54) is 29.2 Å². The van der Waals surface area contributed by atoms with Gasteiger partial charge in [0.15, 0.2) is 5.82 Å². The number of H-pyrrole nitrogens is 1. The molecule has 188 valence electrons. The first-order valence-corrected chi connectivity index (χ1v) is 10.7. The molecule has 0 bridgehead atoms. The van der Waals surface area contributed by atoms with E-state index in [9.17, 15) is 22.8 Å². The molecule has 0 atom stereocenters. The minimum absolute atomic E-state index is 0.0464. The average molecular weight is 510 g/mol. The van der Waals surface area contributed by atoms with Crippen molar-refractivity contribution in [1.29, 1.82) is 0 Å². The standard InChI is InChI=1S/C23H17F3N8O3/c24-23(25,26)9-28-20(35)14-8-34-18(19(27)29-10-30-34)17(14)11-1-4-13(5-2-11)31-22-32-15-6-3-12(21(36)37)7-16(15)33-22/h1-8,10H,9H2,(H,28,35)(H,36,37)(H2,27,29,30)(H2,31,32,33). The number of aromatic nitrogens is 5. The summed E-state index contributed by atoms with van der Waals surface area (Å²) in [6.45, 7) is -1.49. The lowest BCUT2D eigenvalue weighted by atomic mass is 10.0. The number of nitrogen functional groups attached to an aromatic ring is 1. The highest BCUT2D eigenvalue weighted by Crippen LogP contribution is 2.33. The van der Waals surface area contributed by atoms with E-state index in [-0.39, 0.29) is 28.0 Å². The summed E-state index contributed by atoms with van der Waals surface area (Å²) in [5.41, 5.74) is 8.79. The number of imidazole rings is 1. The van der Waals surface area contributed by atoms with Gasteiger partial charge in [0.05, 0.1) is 22.2 Å². The molecule has 0 aliphatic heterocycles. The number of nitrogens with two attached hydrogens (primary N) is 1. The molecule has 0 unspecified atom stereocenters. The summed E-state index contributed by atoms with van der Waals surface area (Å²) in [6, 6.07) is 11.1. The van der Waals surface area contributed by atoms with Gasteiger partial charge in [0.2, 0.25) is 5.95 Å². The SMILES string of the molecule is Nc1ncnn2cc(C(=O)NCC(F)(F)F)c(-c3ccc(Nc4nc5ccc(C(=O)O)cc5[nH]4)cc3)c12. The Balaban J connectivity index is 1.47. The van der Waals surface area contributed by atoms with Gasteiger partial charge in [-0.05, 0) is 35.9 Å². The van der Waals surface area contributed by atoms with Gasteiger partial charge in [-0.2, -0.15) is 18.3 Å². The number of nitrogens with one attached hydrogen (secondary N) is 3. The number of carbonyl (C=O) groups is 2. The molecule has 1 amide bonds. The normalized spacial score (nSPS) is 11.6. The predicted molar refractivity (Wildman–Crippen MR) is 128 cm³/mol. The number of aromatic amines is 1. The number of fused-ring (bicyclic) bond motifs is 2. The van der Waals surface area contributed by atoms with Gasteiger partial charge in [0.25, 0.3) is 5.91 Å². The van der Waals surface area contributed by atoms with Crippen LogP contribution in [0.1, 0.15) is 20.7 Å². The molecular formula is C23H17F3N8O3. The summed E-state index contributed by atoms with van der Waals surface area (Å²) in [5.74, 6) is -1.59. The molecular weight excluding hydrogens is 493 g/mol. The third-order valence-corrected chi connectivity index (χ3v) is 5.46. The number of carbonyl (C=O) groups excluding carboxylic acids is 1. The van der Waals surface area contributed by atoms with Crippen LogP contribution in [-0.2, 0) is 0 Å². The molecule has 2 aromatic carbocycles. The molecule has 14 heteroatoms. The van der Waals surface area contributed by atoms with Crippen molar-refractivity contribution >= 4 is 45.9 Å². The van der Waals surface area contributed by atoms with Crippen molar-refractivity contribution < 1.29 is 27.9 Å². The van der Waals surface area contributed by atoms with Gasteiger partial charge in [-0.3, -0.25) is 4.79 Å². The maximum Gasteiger partial charge on any atom is 0.405 e. The number of amides is 1. The van der Waals surface area contributed by atoms with Crippen molar-refractivity contribution in [2.75, 3.05) is 17.6 Å². The molecule has 0 aliphatic carbocycles. The third-order valence-electron chi connectivity index (χ3n) is 5.46. The number of benzene rings is 2. The summed E-state index contributed by atoms with van der Waals surface area (Å²) in [5, 5.41) is 18.1. The van der Waals surface area contributed by atoms with Crippen LogP contribution < -0.4 is 16.4 Å². The van der Waals surface area contributed by atoms with E-state index in [0.29, 0.717) is 28.2 Å². The van der Waals surface area contributed by atoms with Gasteiger partial charge in [-0.25, -0.2) is 19.3 Å². The van der Waals surface area contributed by atoms with Crippen LogP contribution >= 0.6 is 0 Å². The number of aromatic carboxylic acids is 1. The molecule has 0 radical (unpaired) electrons. The molecule has 3 heterocycles. The predicted octanol–water partition coefficient (Wildman–Crippen LogP) is 3.59. The first-order valence-electron chi connectivity index (χ1n) is 10.7. The Bertz CT molecular complexity index is 1660. The number of alkyl halides is 3. The largest absolute Gasteiger partial charge is 0.478 e. The molecule has 0 fully saturated rings. The Morgan fingerprint density at radius 2 is 1.89 bits per heavy atom. The molecule has 0 saturated heterocycles. The second-order valence-electron chi connectivity index (χ2n) is 7.98. The molecule has 37 heavy (non-hydrogen) atoms. The molecule has 0 spiro atoms. The highest BCUT2D eigenvalue weighted by molar-refractivity contribution is 6.07. The molecule has 5 aromatic rings. The first kappa shape index (κ1) is 23.6. The van der Waals surface area contributed by atoms with E-state index < -0.39 is 24.6 Å². The Morgan fingerprint density at radius 1 is 1.14 bits per heavy atom. The van der Waals surface area contributed by atoms with Gasteiger partial charge in [0.1, 0.15) is 18.4 Å². The van der Waals surface area contributed by atoms with Crippen LogP contribution in [0.15, 0.2) is 55.0 Å². The summed E-state index contributed by atoms with van der Waals surface area (Å²) in [7, 11) is 0. The number of carboxylic acids is 1. The maximum absolute atomic E-state index is 12.7. The summed E-state index contributed by atoms with van der Waals surface area (Å²) in [4.78, 5) is 35.1. The van der Waals surface area contributed by atoms with Crippen LogP contribution in [0.25, 0.3) is 27.7 Å². The van der Waals surface area contributed by atoms with Gasteiger partial charge < -0.3 is 26.5 Å². The summed E-state index contributed by atoms with van der Waals surface area (Å²) < 4.78 is 39.3. The number of halogens is 3. The summed E-state index contributed by atoms with van der Waals surface area (Å²) >= 11 is 0. The van der Waals surface area contributed by atoms with Crippen LogP contribution in [0.2, 0.25) is 0 Å². The number of nitrogens with zero attached hydrogens (tertiary/aromatic N) is 4. The van der Waals surface area contributed by atoms with Crippen LogP contribution in [0.5, 0.6) is 0 Å². The number of anilines is 3. The van der Waals surface area contributed by atoms with Gasteiger partial charge >= 0.3 is 12.1 Å². The van der Waals surface area contributed by atoms with Gasteiger partial charge in [-0.15, -0.1) is 0 Å². The maximum atomic E-state index is 12.7. The summed E-state index contributed by atoms with van der Waals surface area (Å²) in [6.07, 6.45) is -2.11. The molecule has 0 aliphatic rings. The highest BCUT2D eigenvalue weighted by atomic mass is 19.4. The van der Waals surface area contributed by atoms with Crippen molar-refractivity contribution in [3.63, 3.8) is 0 Å². The zero-order valence-corrected chi connectivity index (χ0v) is 18.7. The van der Waals surface area contributed by atoms with E-state index in [0.717, 1.165) is 0 Å².